The number of nitrogens with zero attached hydrogens (tertiary/aromatic N) is 2. The smallest absolute Gasteiger partial charge is 0.327 e. The van der Waals surface area contributed by atoms with Crippen LogP contribution in [0.4, 0.5) is 4.79 Å². The van der Waals surface area contributed by atoms with E-state index in [1.165, 1.54) is 21.6 Å². The summed E-state index contributed by atoms with van der Waals surface area (Å²) in [6, 6.07) is 2.52. The van der Waals surface area contributed by atoms with Crippen LogP contribution >= 0.6 is 11.8 Å². The molecule has 0 aliphatic carbocycles. The Hall–Kier alpha value is -1.63. The van der Waals surface area contributed by atoms with Crippen molar-refractivity contribution in [3.63, 3.8) is 0 Å². The van der Waals surface area contributed by atoms with Gasteiger partial charge in [0.25, 0.3) is 0 Å². The highest BCUT2D eigenvalue weighted by atomic mass is 32.2. The molecule has 2 rings (SSSR count). The molecule has 2 heterocycles. The van der Waals surface area contributed by atoms with Crippen molar-refractivity contribution in [3.8, 4) is 0 Å². The molecule has 0 bridgehead atoms. The Balaban J connectivity index is 2.10. The molecule has 1 aliphatic heterocycles. The van der Waals surface area contributed by atoms with E-state index < -0.39 is 12.0 Å². The van der Waals surface area contributed by atoms with Crippen molar-refractivity contribution < 1.29 is 19.1 Å². The summed E-state index contributed by atoms with van der Waals surface area (Å²) in [5.74, 6) is 0.162. The number of carboxylic acids is 1. The SMILES string of the molecule is CCC1SCC(C(=O)O)N1C(=O)N(C)Cc1ccco1. The lowest BCUT2D eigenvalue weighted by Crippen LogP contribution is -2.50. The van der Waals surface area contributed by atoms with Crippen molar-refractivity contribution in [1.29, 1.82) is 0 Å². The van der Waals surface area contributed by atoms with E-state index in [1.807, 2.05) is 6.92 Å². The van der Waals surface area contributed by atoms with E-state index >= 15 is 0 Å². The van der Waals surface area contributed by atoms with E-state index in [0.717, 1.165) is 6.42 Å². The van der Waals surface area contributed by atoms with Crippen molar-refractivity contribution in [2.75, 3.05) is 12.8 Å². The number of rotatable bonds is 4. The van der Waals surface area contributed by atoms with Crippen LogP contribution in [0.5, 0.6) is 0 Å². The maximum atomic E-state index is 12.5. The minimum absolute atomic E-state index is 0.0809. The van der Waals surface area contributed by atoms with E-state index in [9.17, 15) is 14.7 Å². The third-order valence-electron chi connectivity index (χ3n) is 3.25. The highest BCUT2D eigenvalue weighted by molar-refractivity contribution is 8.00. The van der Waals surface area contributed by atoms with Gasteiger partial charge in [-0.25, -0.2) is 9.59 Å². The number of furan rings is 1. The zero-order valence-corrected chi connectivity index (χ0v) is 12.3. The molecule has 0 spiro atoms. The quantitative estimate of drug-likeness (QED) is 0.921. The Morgan fingerprint density at radius 1 is 1.60 bits per heavy atom. The van der Waals surface area contributed by atoms with Crippen molar-refractivity contribution in [3.05, 3.63) is 24.2 Å². The molecule has 0 aromatic carbocycles. The number of carboxylic acid groups (broad SMARTS) is 1. The Morgan fingerprint density at radius 2 is 2.35 bits per heavy atom. The van der Waals surface area contributed by atoms with Gasteiger partial charge in [-0.2, -0.15) is 0 Å². The summed E-state index contributed by atoms with van der Waals surface area (Å²) in [6.07, 6.45) is 2.28. The fraction of sp³-hybridized carbons (Fsp3) is 0.538. The number of hydrogen-bond acceptors (Lipinski definition) is 4. The monoisotopic (exact) mass is 298 g/mol. The number of carbonyl (C=O) groups excluding carboxylic acids is 1. The molecule has 0 saturated carbocycles. The van der Waals surface area contributed by atoms with Gasteiger partial charge in [0.1, 0.15) is 11.8 Å². The standard InChI is InChI=1S/C13H18N2O4S/c1-3-11-15(10(8-20-11)12(16)17)13(18)14(2)7-9-5-4-6-19-9/h4-6,10-11H,3,7-8H2,1-2H3,(H,16,17). The Bertz CT molecular complexity index is 477. The van der Waals surface area contributed by atoms with E-state index in [-0.39, 0.29) is 11.4 Å². The molecule has 1 aromatic rings. The van der Waals surface area contributed by atoms with Gasteiger partial charge in [-0.3, -0.25) is 4.90 Å². The van der Waals surface area contributed by atoms with E-state index in [2.05, 4.69) is 0 Å². The van der Waals surface area contributed by atoms with Crippen LogP contribution in [0.2, 0.25) is 0 Å². The molecule has 1 N–H and O–H groups in total. The molecule has 1 aliphatic rings. The van der Waals surface area contributed by atoms with E-state index in [0.29, 0.717) is 18.1 Å². The molecule has 2 unspecified atom stereocenters. The third kappa shape index (κ3) is 2.92. The first kappa shape index (κ1) is 14.8. The van der Waals surface area contributed by atoms with Crippen molar-refractivity contribution in [2.45, 2.75) is 31.3 Å². The summed E-state index contributed by atoms with van der Waals surface area (Å²) in [7, 11) is 1.65. The van der Waals surface area contributed by atoms with Crippen molar-refractivity contribution in [1.82, 2.24) is 9.80 Å². The average Bonchev–Trinajstić information content (AvgIpc) is 3.05. The molecule has 1 saturated heterocycles. The number of carbonyl (C=O) groups is 2. The predicted molar refractivity (Wildman–Crippen MR) is 75.4 cm³/mol. The van der Waals surface area contributed by atoms with E-state index in [1.54, 1.807) is 25.4 Å². The van der Waals surface area contributed by atoms with Crippen LogP contribution in [0.25, 0.3) is 0 Å². The van der Waals surface area contributed by atoms with Crippen LogP contribution in [0, 0.1) is 0 Å². The van der Waals surface area contributed by atoms with Crippen LogP contribution in [0.3, 0.4) is 0 Å². The van der Waals surface area contributed by atoms with Gasteiger partial charge in [-0.1, -0.05) is 6.92 Å². The molecule has 1 aromatic heterocycles. The number of thioether (sulfide) groups is 1. The lowest BCUT2D eigenvalue weighted by atomic mass is 10.2. The largest absolute Gasteiger partial charge is 0.480 e. The van der Waals surface area contributed by atoms with Crippen LogP contribution in [-0.2, 0) is 11.3 Å². The number of aliphatic carboxylic acids is 1. The fourth-order valence-corrected chi connectivity index (χ4v) is 3.57. The Morgan fingerprint density at radius 3 is 2.90 bits per heavy atom. The first-order valence-corrected chi connectivity index (χ1v) is 7.49. The summed E-state index contributed by atoms with van der Waals surface area (Å²) < 4.78 is 5.21. The van der Waals surface area contributed by atoms with Gasteiger partial charge in [-0.05, 0) is 18.6 Å². The highest BCUT2D eigenvalue weighted by Gasteiger charge is 2.41. The van der Waals surface area contributed by atoms with Gasteiger partial charge < -0.3 is 14.4 Å². The molecule has 110 valence electrons. The average molecular weight is 298 g/mol. The second kappa shape index (κ2) is 6.21. The van der Waals surface area contributed by atoms with E-state index in [4.69, 9.17) is 4.42 Å². The molecule has 7 heteroatoms. The second-order valence-electron chi connectivity index (χ2n) is 4.68. The van der Waals surface area contributed by atoms with Crippen LogP contribution in [-0.4, -0.2) is 51.1 Å². The summed E-state index contributed by atoms with van der Waals surface area (Å²) >= 11 is 1.51. The maximum absolute atomic E-state index is 12.5. The van der Waals surface area contributed by atoms with Gasteiger partial charge in [0.15, 0.2) is 0 Å². The highest BCUT2D eigenvalue weighted by Crippen LogP contribution is 2.32. The Kier molecular flexibility index (Phi) is 4.59. The summed E-state index contributed by atoms with van der Waals surface area (Å²) in [6.45, 7) is 2.28. The lowest BCUT2D eigenvalue weighted by Gasteiger charge is -2.30. The molecule has 6 nitrogen and oxygen atoms in total. The number of urea groups is 1. The normalized spacial score (nSPS) is 22.0. The molecular formula is C13H18N2O4S. The first-order valence-electron chi connectivity index (χ1n) is 6.44. The van der Waals surface area contributed by atoms with Crippen molar-refractivity contribution in [2.24, 2.45) is 0 Å². The van der Waals surface area contributed by atoms with Crippen LogP contribution < -0.4 is 0 Å². The zero-order valence-electron chi connectivity index (χ0n) is 11.5. The topological polar surface area (TPSA) is 74.0 Å². The minimum Gasteiger partial charge on any atom is -0.480 e. The number of amides is 2. The van der Waals surface area contributed by atoms with Crippen LogP contribution in [0.1, 0.15) is 19.1 Å². The third-order valence-corrected chi connectivity index (χ3v) is 4.70. The molecule has 20 heavy (non-hydrogen) atoms. The van der Waals surface area contributed by atoms with Crippen LogP contribution in [0.15, 0.2) is 22.8 Å². The zero-order chi connectivity index (χ0) is 14.7. The lowest BCUT2D eigenvalue weighted by molar-refractivity contribution is -0.141. The molecule has 2 atom stereocenters. The molecule has 1 fully saturated rings. The maximum Gasteiger partial charge on any atom is 0.327 e. The molecule has 0 radical (unpaired) electrons. The summed E-state index contributed by atoms with van der Waals surface area (Å²) in [5.41, 5.74) is 0. The summed E-state index contributed by atoms with van der Waals surface area (Å²) in [5, 5.41) is 9.16. The van der Waals surface area contributed by atoms with Crippen molar-refractivity contribution >= 4 is 23.8 Å². The molecule has 2 amide bonds. The van der Waals surface area contributed by atoms with Gasteiger partial charge >= 0.3 is 12.0 Å². The second-order valence-corrected chi connectivity index (χ2v) is 5.89. The fourth-order valence-electron chi connectivity index (χ4n) is 2.23. The minimum atomic E-state index is -0.951. The Labute approximate surface area is 121 Å². The first-order chi connectivity index (χ1) is 9.54. The number of hydrogen-bond donors (Lipinski definition) is 1. The predicted octanol–water partition coefficient (Wildman–Crippen LogP) is 2.07. The van der Waals surface area contributed by atoms with Gasteiger partial charge in [-0.15, -0.1) is 11.8 Å². The molecular weight excluding hydrogens is 280 g/mol. The van der Waals surface area contributed by atoms with Gasteiger partial charge in [0, 0.05) is 12.8 Å². The van der Waals surface area contributed by atoms with Gasteiger partial charge in [0.05, 0.1) is 18.2 Å². The van der Waals surface area contributed by atoms with Gasteiger partial charge in [0.2, 0.25) is 0 Å². The summed E-state index contributed by atoms with van der Waals surface area (Å²) in [4.78, 5) is 26.7.